The third-order valence-electron chi connectivity index (χ3n) is 5.64. The zero-order valence-electron chi connectivity index (χ0n) is 19.0. The zero-order valence-corrected chi connectivity index (χ0v) is 22.1. The highest BCUT2D eigenvalue weighted by atomic mass is 127. The van der Waals surface area contributed by atoms with E-state index in [4.69, 9.17) is 0 Å². The number of nitrogens with zero attached hydrogens (tertiary/aromatic N) is 3. The molecule has 1 saturated heterocycles. The van der Waals surface area contributed by atoms with Gasteiger partial charge in [-0.25, -0.2) is 8.78 Å². The smallest absolute Gasteiger partial charge is 0.191 e. The van der Waals surface area contributed by atoms with E-state index in [2.05, 4.69) is 37.4 Å². The first-order valence-electron chi connectivity index (χ1n) is 10.9. The lowest BCUT2D eigenvalue weighted by molar-refractivity contribution is 0.198. The van der Waals surface area contributed by atoms with Gasteiger partial charge in [0.1, 0.15) is 11.6 Å². The van der Waals surface area contributed by atoms with Crippen molar-refractivity contribution in [3.8, 4) is 0 Å². The summed E-state index contributed by atoms with van der Waals surface area (Å²) in [5.74, 6) is -0.378. The van der Waals surface area contributed by atoms with Gasteiger partial charge in [0, 0.05) is 37.8 Å². The van der Waals surface area contributed by atoms with Crippen molar-refractivity contribution in [1.82, 2.24) is 20.4 Å². The maximum atomic E-state index is 14.3. The average molecular weight is 578 g/mol. The topological polar surface area (TPSA) is 42.9 Å². The molecule has 0 amide bonds. The standard InChI is InChI=1S/C23H33F2N5S.HI/c1-4-26-23(27-14-21(29(2)3)22-19(24)6-5-7-20(22)25)28-18-8-11-30(12-9-18)15-17-10-13-31-16-17;/h5-7,10,13,16,18,21H,4,8-9,11-12,14-15H2,1-3H3,(H2,26,27,28);1H. The molecule has 1 fully saturated rings. The number of nitrogens with one attached hydrogen (secondary N) is 2. The van der Waals surface area contributed by atoms with Gasteiger partial charge < -0.3 is 15.5 Å². The van der Waals surface area contributed by atoms with E-state index in [0.29, 0.717) is 12.0 Å². The molecule has 0 saturated carbocycles. The number of benzene rings is 1. The molecule has 2 aromatic rings. The number of likely N-dealkylation sites (N-methyl/N-ethyl adjacent to an activating group) is 1. The molecule has 0 bridgehead atoms. The SMILES string of the molecule is CCNC(=NCC(c1c(F)cccc1F)N(C)C)NC1CCN(Cc2ccsc2)CC1.I. The van der Waals surface area contributed by atoms with Crippen LogP contribution in [0.3, 0.4) is 0 Å². The van der Waals surface area contributed by atoms with Gasteiger partial charge in [0.05, 0.1) is 12.6 Å². The normalized spacial score (nSPS) is 16.6. The number of hydrogen-bond acceptors (Lipinski definition) is 4. The van der Waals surface area contributed by atoms with Crippen LogP contribution in [-0.2, 0) is 6.54 Å². The van der Waals surface area contributed by atoms with Gasteiger partial charge in [-0.05, 0) is 68.4 Å². The number of rotatable bonds is 8. The minimum atomic E-state index is -0.537. The van der Waals surface area contributed by atoms with Crippen LogP contribution in [0.15, 0.2) is 40.0 Å². The first kappa shape index (κ1) is 26.9. The van der Waals surface area contributed by atoms with Crippen LogP contribution in [0.5, 0.6) is 0 Å². The van der Waals surface area contributed by atoms with Gasteiger partial charge in [-0.3, -0.25) is 9.89 Å². The minimum Gasteiger partial charge on any atom is -0.357 e. The van der Waals surface area contributed by atoms with Gasteiger partial charge >= 0.3 is 0 Å². The van der Waals surface area contributed by atoms with Crippen molar-refractivity contribution in [2.45, 2.75) is 38.4 Å². The molecular weight excluding hydrogens is 543 g/mol. The van der Waals surface area contributed by atoms with Gasteiger partial charge in [-0.15, -0.1) is 24.0 Å². The second-order valence-electron chi connectivity index (χ2n) is 8.16. The first-order valence-corrected chi connectivity index (χ1v) is 11.8. The van der Waals surface area contributed by atoms with Crippen LogP contribution in [0.4, 0.5) is 8.78 Å². The lowest BCUT2D eigenvalue weighted by Crippen LogP contribution is -2.48. The van der Waals surface area contributed by atoms with Crippen molar-refractivity contribution in [2.75, 3.05) is 40.3 Å². The van der Waals surface area contributed by atoms with E-state index in [1.807, 2.05) is 21.0 Å². The second kappa shape index (κ2) is 13.4. The number of thiophene rings is 1. The van der Waals surface area contributed by atoms with Crippen molar-refractivity contribution in [2.24, 2.45) is 4.99 Å². The summed E-state index contributed by atoms with van der Waals surface area (Å²) < 4.78 is 28.7. The highest BCUT2D eigenvalue weighted by molar-refractivity contribution is 14.0. The molecule has 1 aromatic carbocycles. The van der Waals surface area contributed by atoms with E-state index in [1.165, 1.54) is 23.8 Å². The predicted molar refractivity (Wildman–Crippen MR) is 140 cm³/mol. The molecule has 1 aliphatic rings. The minimum absolute atomic E-state index is 0. The Bertz CT molecular complexity index is 819. The fourth-order valence-corrected chi connectivity index (χ4v) is 4.57. The highest BCUT2D eigenvalue weighted by Gasteiger charge is 2.23. The number of piperidine rings is 1. The zero-order chi connectivity index (χ0) is 22.2. The first-order chi connectivity index (χ1) is 15.0. The lowest BCUT2D eigenvalue weighted by atomic mass is 10.0. The van der Waals surface area contributed by atoms with Crippen LogP contribution in [0.2, 0.25) is 0 Å². The number of aliphatic imine (C=N–C) groups is 1. The van der Waals surface area contributed by atoms with E-state index in [1.54, 1.807) is 16.2 Å². The van der Waals surface area contributed by atoms with Gasteiger partial charge in [0.25, 0.3) is 0 Å². The number of likely N-dealkylation sites (tertiary alicyclic amines) is 1. The van der Waals surface area contributed by atoms with Crippen molar-refractivity contribution in [1.29, 1.82) is 0 Å². The van der Waals surface area contributed by atoms with E-state index in [-0.39, 0.29) is 36.1 Å². The molecule has 178 valence electrons. The van der Waals surface area contributed by atoms with Gasteiger partial charge in [0.15, 0.2) is 5.96 Å². The van der Waals surface area contributed by atoms with Crippen molar-refractivity contribution >= 4 is 41.3 Å². The molecule has 1 aromatic heterocycles. The maximum absolute atomic E-state index is 14.3. The summed E-state index contributed by atoms with van der Waals surface area (Å²) in [6.07, 6.45) is 2.07. The summed E-state index contributed by atoms with van der Waals surface area (Å²) in [4.78, 5) is 8.96. The molecule has 1 aliphatic heterocycles. The van der Waals surface area contributed by atoms with Gasteiger partial charge in [0.2, 0.25) is 0 Å². The summed E-state index contributed by atoms with van der Waals surface area (Å²) in [5.41, 5.74) is 1.44. The van der Waals surface area contributed by atoms with Gasteiger partial charge in [-0.2, -0.15) is 11.3 Å². The Hall–Kier alpha value is -1.30. The Kier molecular flexibility index (Phi) is 11.3. The van der Waals surface area contributed by atoms with Crippen LogP contribution in [0.25, 0.3) is 0 Å². The molecule has 0 radical (unpaired) electrons. The quantitative estimate of drug-likeness (QED) is 0.276. The van der Waals surface area contributed by atoms with Crippen LogP contribution in [-0.4, -0.2) is 62.1 Å². The van der Waals surface area contributed by atoms with E-state index < -0.39 is 17.7 Å². The highest BCUT2D eigenvalue weighted by Crippen LogP contribution is 2.25. The second-order valence-corrected chi connectivity index (χ2v) is 8.94. The number of halogens is 3. The predicted octanol–water partition coefficient (Wildman–Crippen LogP) is 4.47. The molecule has 32 heavy (non-hydrogen) atoms. The maximum Gasteiger partial charge on any atom is 0.191 e. The Labute approximate surface area is 211 Å². The lowest BCUT2D eigenvalue weighted by Gasteiger charge is -2.33. The van der Waals surface area contributed by atoms with Crippen molar-refractivity contribution < 1.29 is 8.78 Å². The molecule has 9 heteroatoms. The Balaban J connectivity index is 0.00000363. The largest absolute Gasteiger partial charge is 0.357 e. The van der Waals surface area contributed by atoms with E-state index >= 15 is 0 Å². The molecule has 5 nitrogen and oxygen atoms in total. The van der Waals surface area contributed by atoms with Crippen LogP contribution in [0.1, 0.15) is 36.9 Å². The summed E-state index contributed by atoms with van der Waals surface area (Å²) in [6, 6.07) is 6.02. The van der Waals surface area contributed by atoms with Crippen molar-refractivity contribution in [3.63, 3.8) is 0 Å². The molecular formula is C23H34F2IN5S. The number of guanidine groups is 1. The fraction of sp³-hybridized carbons (Fsp3) is 0.522. The summed E-state index contributed by atoms with van der Waals surface area (Å²) in [5, 5.41) is 11.1. The molecule has 1 unspecified atom stereocenters. The molecule has 0 spiro atoms. The average Bonchev–Trinajstić information content (AvgIpc) is 3.24. The molecule has 3 rings (SSSR count). The van der Waals surface area contributed by atoms with Crippen LogP contribution >= 0.6 is 35.3 Å². The monoisotopic (exact) mass is 577 g/mol. The van der Waals surface area contributed by atoms with E-state index in [9.17, 15) is 8.78 Å². The Morgan fingerprint density at radius 2 is 1.91 bits per heavy atom. The third kappa shape index (κ3) is 7.64. The Morgan fingerprint density at radius 1 is 1.22 bits per heavy atom. The molecule has 2 N–H and O–H groups in total. The summed E-state index contributed by atoms with van der Waals surface area (Å²) >= 11 is 1.74. The summed E-state index contributed by atoms with van der Waals surface area (Å²) in [7, 11) is 3.63. The third-order valence-corrected chi connectivity index (χ3v) is 6.37. The summed E-state index contributed by atoms with van der Waals surface area (Å²) in [6.45, 7) is 6.08. The fourth-order valence-electron chi connectivity index (χ4n) is 3.91. The van der Waals surface area contributed by atoms with Crippen LogP contribution in [0, 0.1) is 11.6 Å². The van der Waals surface area contributed by atoms with Crippen molar-refractivity contribution in [3.05, 3.63) is 57.8 Å². The van der Waals surface area contributed by atoms with Gasteiger partial charge in [-0.1, -0.05) is 6.07 Å². The van der Waals surface area contributed by atoms with E-state index in [0.717, 1.165) is 39.0 Å². The Morgan fingerprint density at radius 3 is 2.47 bits per heavy atom. The molecule has 0 aliphatic carbocycles. The molecule has 2 heterocycles. The number of hydrogen-bond donors (Lipinski definition) is 2. The molecule has 1 atom stereocenters. The van der Waals surface area contributed by atoms with Crippen LogP contribution < -0.4 is 10.6 Å².